The summed E-state index contributed by atoms with van der Waals surface area (Å²) in [5.41, 5.74) is 3.79. The van der Waals surface area contributed by atoms with Crippen molar-refractivity contribution >= 4 is 43.2 Å². The molecule has 0 saturated heterocycles. The van der Waals surface area contributed by atoms with E-state index in [0.29, 0.717) is 0 Å². The Balaban J connectivity index is 2.48. The third-order valence-electron chi connectivity index (χ3n) is 2.75. The van der Waals surface area contributed by atoms with Gasteiger partial charge in [0, 0.05) is 8.95 Å². The van der Waals surface area contributed by atoms with Crippen molar-refractivity contribution in [2.45, 2.75) is 13.0 Å². The summed E-state index contributed by atoms with van der Waals surface area (Å²) in [6, 6.07) is 6.72. The summed E-state index contributed by atoms with van der Waals surface area (Å²) < 4.78 is 2.29. The van der Waals surface area contributed by atoms with Crippen LogP contribution in [0.1, 0.15) is 22.7 Å². The molecule has 0 aliphatic rings. The van der Waals surface area contributed by atoms with Crippen LogP contribution < -0.4 is 5.32 Å². The predicted molar refractivity (Wildman–Crippen MR) is 81.8 cm³/mol. The van der Waals surface area contributed by atoms with Gasteiger partial charge in [-0.05, 0) is 59.6 Å². The molecular weight excluding hydrogens is 362 g/mol. The molecule has 90 valence electrons. The van der Waals surface area contributed by atoms with Gasteiger partial charge in [-0.25, -0.2) is 0 Å². The van der Waals surface area contributed by atoms with Gasteiger partial charge in [0.15, 0.2) is 0 Å². The van der Waals surface area contributed by atoms with Gasteiger partial charge in [0.2, 0.25) is 0 Å². The van der Waals surface area contributed by atoms with Crippen molar-refractivity contribution in [1.29, 1.82) is 0 Å². The van der Waals surface area contributed by atoms with E-state index in [2.05, 4.69) is 73.1 Å². The zero-order valence-electron chi connectivity index (χ0n) is 9.63. The minimum absolute atomic E-state index is 0.229. The molecule has 2 aromatic rings. The van der Waals surface area contributed by atoms with Gasteiger partial charge in [0.05, 0.1) is 6.04 Å². The van der Waals surface area contributed by atoms with Crippen molar-refractivity contribution in [1.82, 2.24) is 5.32 Å². The minimum Gasteiger partial charge on any atom is -0.309 e. The second-order valence-corrected chi connectivity index (χ2v) is 6.39. The van der Waals surface area contributed by atoms with E-state index in [0.717, 1.165) is 8.95 Å². The number of hydrogen-bond donors (Lipinski definition) is 1. The van der Waals surface area contributed by atoms with Crippen LogP contribution in [0.5, 0.6) is 0 Å². The molecule has 1 heterocycles. The van der Waals surface area contributed by atoms with Gasteiger partial charge in [-0.1, -0.05) is 31.9 Å². The lowest BCUT2D eigenvalue weighted by molar-refractivity contribution is 0.690. The lowest BCUT2D eigenvalue weighted by atomic mass is 10.0. The molecule has 0 bridgehead atoms. The van der Waals surface area contributed by atoms with Crippen LogP contribution in [0.4, 0.5) is 0 Å². The third-order valence-corrected chi connectivity index (χ3v) is 5.00. The van der Waals surface area contributed by atoms with Crippen molar-refractivity contribution in [2.24, 2.45) is 0 Å². The molecule has 1 aromatic heterocycles. The number of nitrogens with one attached hydrogen (secondary N) is 1. The molecule has 1 nitrogen and oxygen atoms in total. The molecule has 0 amide bonds. The van der Waals surface area contributed by atoms with E-state index in [9.17, 15) is 0 Å². The van der Waals surface area contributed by atoms with E-state index >= 15 is 0 Å². The molecule has 1 atom stereocenters. The SMILES string of the molecule is CNC(c1ccsc1)c1cc(Br)c(C)cc1Br. The summed E-state index contributed by atoms with van der Waals surface area (Å²) in [5, 5.41) is 7.65. The van der Waals surface area contributed by atoms with Gasteiger partial charge in [0.1, 0.15) is 0 Å². The van der Waals surface area contributed by atoms with E-state index in [4.69, 9.17) is 0 Å². The predicted octanol–water partition coefficient (Wildman–Crippen LogP) is 4.89. The van der Waals surface area contributed by atoms with Crippen molar-refractivity contribution in [3.63, 3.8) is 0 Å². The first kappa shape index (κ1) is 13.3. The number of rotatable bonds is 3. The molecule has 0 spiro atoms. The van der Waals surface area contributed by atoms with Crippen molar-refractivity contribution < 1.29 is 0 Å². The zero-order valence-corrected chi connectivity index (χ0v) is 13.6. The maximum absolute atomic E-state index is 3.65. The fraction of sp³-hybridized carbons (Fsp3) is 0.231. The molecule has 0 saturated carbocycles. The van der Waals surface area contributed by atoms with E-state index < -0.39 is 0 Å². The molecule has 1 N–H and O–H groups in total. The van der Waals surface area contributed by atoms with E-state index in [1.807, 2.05) is 7.05 Å². The van der Waals surface area contributed by atoms with Crippen LogP contribution in [0.3, 0.4) is 0 Å². The number of aryl methyl sites for hydroxylation is 1. The quantitative estimate of drug-likeness (QED) is 0.806. The summed E-state index contributed by atoms with van der Waals surface area (Å²) in [6.07, 6.45) is 0. The molecule has 0 fully saturated rings. The molecule has 0 aliphatic carbocycles. The van der Waals surface area contributed by atoms with Crippen LogP contribution in [0.2, 0.25) is 0 Å². The first-order chi connectivity index (χ1) is 8.13. The molecule has 0 radical (unpaired) electrons. The van der Waals surface area contributed by atoms with Gasteiger partial charge in [-0.3, -0.25) is 0 Å². The maximum atomic E-state index is 3.65. The van der Waals surface area contributed by atoms with Gasteiger partial charge >= 0.3 is 0 Å². The van der Waals surface area contributed by atoms with Gasteiger partial charge in [-0.15, -0.1) is 0 Å². The molecule has 1 unspecified atom stereocenters. The van der Waals surface area contributed by atoms with Crippen molar-refractivity contribution in [2.75, 3.05) is 7.05 Å². The molecule has 2 rings (SSSR count). The number of halogens is 2. The lowest BCUT2D eigenvalue weighted by Crippen LogP contribution is -2.17. The Labute approximate surface area is 123 Å². The molecular formula is C13H13Br2NS. The van der Waals surface area contributed by atoms with Crippen LogP contribution in [0.15, 0.2) is 37.9 Å². The molecule has 17 heavy (non-hydrogen) atoms. The summed E-state index contributed by atoms with van der Waals surface area (Å²) in [7, 11) is 1.99. The normalized spacial score (nSPS) is 12.7. The standard InChI is InChI=1S/C13H13Br2NS/c1-8-5-12(15)10(6-11(8)14)13(16-2)9-3-4-17-7-9/h3-7,13,16H,1-2H3. The van der Waals surface area contributed by atoms with Crippen LogP contribution in [0.25, 0.3) is 0 Å². The first-order valence-electron chi connectivity index (χ1n) is 5.28. The van der Waals surface area contributed by atoms with E-state index in [-0.39, 0.29) is 6.04 Å². The van der Waals surface area contributed by atoms with Crippen LogP contribution in [-0.2, 0) is 0 Å². The van der Waals surface area contributed by atoms with Gasteiger partial charge in [0.25, 0.3) is 0 Å². The Kier molecular flexibility index (Phi) is 4.42. The smallest absolute Gasteiger partial charge is 0.0594 e. The Bertz CT molecular complexity index is 508. The average molecular weight is 375 g/mol. The average Bonchev–Trinajstić information content (AvgIpc) is 2.80. The van der Waals surface area contributed by atoms with Crippen LogP contribution in [0, 0.1) is 6.92 Å². The Morgan fingerprint density at radius 3 is 2.59 bits per heavy atom. The zero-order chi connectivity index (χ0) is 12.4. The number of hydrogen-bond acceptors (Lipinski definition) is 2. The second kappa shape index (κ2) is 5.65. The highest BCUT2D eigenvalue weighted by Gasteiger charge is 2.16. The topological polar surface area (TPSA) is 12.0 Å². The Hall–Kier alpha value is -0.160. The Morgan fingerprint density at radius 2 is 2.00 bits per heavy atom. The monoisotopic (exact) mass is 373 g/mol. The fourth-order valence-corrected chi connectivity index (χ4v) is 3.56. The van der Waals surface area contributed by atoms with Crippen LogP contribution >= 0.6 is 43.2 Å². The maximum Gasteiger partial charge on any atom is 0.0594 e. The fourth-order valence-electron chi connectivity index (χ4n) is 1.82. The van der Waals surface area contributed by atoms with E-state index in [1.165, 1.54) is 16.7 Å². The van der Waals surface area contributed by atoms with Gasteiger partial charge < -0.3 is 5.32 Å². The largest absolute Gasteiger partial charge is 0.309 e. The van der Waals surface area contributed by atoms with Crippen LogP contribution in [-0.4, -0.2) is 7.05 Å². The summed E-state index contributed by atoms with van der Waals surface area (Å²) in [4.78, 5) is 0. The molecule has 0 aliphatic heterocycles. The Morgan fingerprint density at radius 1 is 1.24 bits per heavy atom. The van der Waals surface area contributed by atoms with Crippen molar-refractivity contribution in [3.05, 3.63) is 54.6 Å². The molecule has 1 aromatic carbocycles. The van der Waals surface area contributed by atoms with E-state index in [1.54, 1.807) is 11.3 Å². The first-order valence-corrected chi connectivity index (χ1v) is 7.81. The summed E-state index contributed by atoms with van der Waals surface area (Å²) >= 11 is 8.97. The highest BCUT2D eigenvalue weighted by Crippen LogP contribution is 2.33. The highest BCUT2D eigenvalue weighted by molar-refractivity contribution is 9.11. The summed E-state index contributed by atoms with van der Waals surface area (Å²) in [5.74, 6) is 0. The minimum atomic E-state index is 0.229. The van der Waals surface area contributed by atoms with Crippen molar-refractivity contribution in [3.8, 4) is 0 Å². The molecule has 4 heteroatoms. The number of thiophene rings is 1. The number of benzene rings is 1. The second-order valence-electron chi connectivity index (χ2n) is 3.90. The third kappa shape index (κ3) is 2.81. The van der Waals surface area contributed by atoms with Gasteiger partial charge in [-0.2, -0.15) is 11.3 Å². The highest BCUT2D eigenvalue weighted by atomic mass is 79.9. The lowest BCUT2D eigenvalue weighted by Gasteiger charge is -2.18. The summed E-state index contributed by atoms with van der Waals surface area (Å²) in [6.45, 7) is 2.09.